The molecule has 0 aromatic rings. The zero-order valence-corrected chi connectivity index (χ0v) is 10.4. The second-order valence-corrected chi connectivity index (χ2v) is 5.47. The monoisotopic (exact) mass is 259 g/mol. The van der Waals surface area contributed by atoms with Crippen LogP contribution in [0.15, 0.2) is 0 Å². The maximum absolute atomic E-state index is 13.3. The van der Waals surface area contributed by atoms with E-state index in [2.05, 4.69) is 0 Å². The fourth-order valence-corrected chi connectivity index (χ4v) is 3.74. The van der Waals surface area contributed by atoms with Crippen LogP contribution in [-0.4, -0.2) is 30.2 Å². The molecular weight excluding hydrogens is 241 g/mol. The first-order valence-corrected chi connectivity index (χ1v) is 6.38. The first-order chi connectivity index (χ1) is 8.47. The summed E-state index contributed by atoms with van der Waals surface area (Å²) in [5, 5.41) is 10.8. The Hall–Kier alpha value is -1.20. The van der Waals surface area contributed by atoms with E-state index in [-0.39, 0.29) is 36.3 Å². The van der Waals surface area contributed by atoms with Crippen molar-refractivity contribution in [1.29, 1.82) is 0 Å². The second kappa shape index (κ2) is 4.82. The Morgan fingerprint density at radius 3 is 2.83 bits per heavy atom. The van der Waals surface area contributed by atoms with Crippen molar-refractivity contribution in [3.05, 3.63) is 10.1 Å². The minimum absolute atomic E-state index is 0.0256. The molecule has 4 atom stereocenters. The zero-order valence-electron chi connectivity index (χ0n) is 10.4. The van der Waals surface area contributed by atoms with Crippen LogP contribution in [0.1, 0.15) is 32.6 Å². The first kappa shape index (κ1) is 13.2. The molecular formula is C12H18FNO4. The van der Waals surface area contributed by atoms with Crippen molar-refractivity contribution in [2.75, 3.05) is 13.2 Å². The van der Waals surface area contributed by atoms with Gasteiger partial charge in [-0.3, -0.25) is 14.9 Å². The lowest BCUT2D eigenvalue weighted by Gasteiger charge is -2.49. The predicted molar refractivity (Wildman–Crippen MR) is 61.3 cm³/mol. The van der Waals surface area contributed by atoms with Crippen LogP contribution >= 0.6 is 0 Å². The molecule has 2 aliphatic carbocycles. The molecule has 2 fully saturated rings. The van der Waals surface area contributed by atoms with Gasteiger partial charge in [0.15, 0.2) is 0 Å². The highest BCUT2D eigenvalue weighted by Crippen LogP contribution is 2.61. The van der Waals surface area contributed by atoms with Crippen LogP contribution in [0, 0.1) is 27.4 Å². The van der Waals surface area contributed by atoms with Gasteiger partial charge in [0, 0.05) is 10.3 Å². The van der Waals surface area contributed by atoms with E-state index in [1.165, 1.54) is 0 Å². The lowest BCUT2D eigenvalue weighted by molar-refractivity contribution is -0.506. The number of fused-ring (bicyclic) bond motifs is 1. The van der Waals surface area contributed by atoms with Gasteiger partial charge in [-0.2, -0.15) is 0 Å². The Labute approximate surface area is 105 Å². The molecule has 18 heavy (non-hydrogen) atoms. The minimum atomic E-state index is -0.865. The second-order valence-electron chi connectivity index (χ2n) is 5.47. The SMILES string of the molecule is CCOC(=O)C[C@]1(C[N+](=O)[O-])C[C@@H]2C[C@@H](F)C[C@@H]21. The largest absolute Gasteiger partial charge is 0.466 e. The minimum Gasteiger partial charge on any atom is -0.466 e. The number of halogens is 1. The van der Waals surface area contributed by atoms with Gasteiger partial charge >= 0.3 is 5.97 Å². The van der Waals surface area contributed by atoms with Gasteiger partial charge in [-0.15, -0.1) is 0 Å². The molecule has 102 valence electrons. The number of rotatable bonds is 5. The summed E-state index contributed by atoms with van der Waals surface area (Å²) < 4.78 is 18.2. The lowest BCUT2D eigenvalue weighted by atomic mass is 9.53. The van der Waals surface area contributed by atoms with Gasteiger partial charge in [-0.1, -0.05) is 0 Å². The van der Waals surface area contributed by atoms with Gasteiger partial charge < -0.3 is 4.74 Å². The quantitative estimate of drug-likeness (QED) is 0.430. The average molecular weight is 259 g/mol. The third-order valence-corrected chi connectivity index (χ3v) is 4.34. The molecule has 2 rings (SSSR count). The Balaban J connectivity index is 2.06. The van der Waals surface area contributed by atoms with Gasteiger partial charge in [0.1, 0.15) is 6.17 Å². The van der Waals surface area contributed by atoms with Crippen LogP contribution in [0.3, 0.4) is 0 Å². The van der Waals surface area contributed by atoms with Crippen molar-refractivity contribution in [3.8, 4) is 0 Å². The summed E-state index contributed by atoms with van der Waals surface area (Å²) in [5.41, 5.74) is -0.665. The molecule has 2 aliphatic rings. The fourth-order valence-electron chi connectivity index (χ4n) is 3.74. The zero-order chi connectivity index (χ0) is 13.3. The Kier molecular flexibility index (Phi) is 3.54. The van der Waals surface area contributed by atoms with Crippen molar-refractivity contribution in [3.63, 3.8) is 0 Å². The number of ether oxygens (including phenoxy) is 1. The average Bonchev–Trinajstić information content (AvgIpc) is 2.54. The number of esters is 1. The number of alkyl halides is 1. The summed E-state index contributed by atoms with van der Waals surface area (Å²) in [4.78, 5) is 22.0. The Bertz CT molecular complexity index is 362. The molecule has 0 aliphatic heterocycles. The molecule has 0 N–H and O–H groups in total. The Morgan fingerprint density at radius 2 is 2.28 bits per heavy atom. The number of hydrogen-bond acceptors (Lipinski definition) is 4. The van der Waals surface area contributed by atoms with Crippen molar-refractivity contribution >= 4 is 5.97 Å². The van der Waals surface area contributed by atoms with Gasteiger partial charge in [-0.25, -0.2) is 4.39 Å². The summed E-state index contributed by atoms with van der Waals surface area (Å²) in [6, 6.07) is 0. The maximum atomic E-state index is 13.3. The van der Waals surface area contributed by atoms with Crippen molar-refractivity contribution < 1.29 is 18.8 Å². The third kappa shape index (κ3) is 2.33. The van der Waals surface area contributed by atoms with E-state index < -0.39 is 17.6 Å². The van der Waals surface area contributed by atoms with E-state index in [0.29, 0.717) is 19.3 Å². The molecule has 0 spiro atoms. The molecule has 0 unspecified atom stereocenters. The smallest absolute Gasteiger partial charge is 0.306 e. The van der Waals surface area contributed by atoms with Gasteiger partial charge in [0.05, 0.1) is 13.0 Å². The highest BCUT2D eigenvalue weighted by molar-refractivity contribution is 5.70. The molecule has 0 amide bonds. The number of nitrogens with zero attached hydrogens (tertiary/aromatic N) is 1. The van der Waals surface area contributed by atoms with Crippen molar-refractivity contribution in [1.82, 2.24) is 0 Å². The number of hydrogen-bond donors (Lipinski definition) is 0. The fraction of sp³-hybridized carbons (Fsp3) is 0.917. The maximum Gasteiger partial charge on any atom is 0.306 e. The van der Waals surface area contributed by atoms with E-state index in [4.69, 9.17) is 4.74 Å². The summed E-state index contributed by atoms with van der Waals surface area (Å²) >= 11 is 0. The van der Waals surface area contributed by atoms with Gasteiger partial charge in [0.25, 0.3) is 0 Å². The molecule has 0 bridgehead atoms. The molecule has 5 nitrogen and oxygen atoms in total. The van der Waals surface area contributed by atoms with Crippen LogP contribution in [-0.2, 0) is 9.53 Å². The number of carbonyl (C=O) groups is 1. The van der Waals surface area contributed by atoms with Crippen molar-refractivity contribution in [2.45, 2.75) is 38.8 Å². The number of nitro groups is 1. The van der Waals surface area contributed by atoms with E-state index in [1.807, 2.05) is 0 Å². The summed E-state index contributed by atoms with van der Waals surface area (Å²) in [7, 11) is 0. The lowest BCUT2D eigenvalue weighted by Crippen LogP contribution is -2.51. The Morgan fingerprint density at radius 1 is 1.56 bits per heavy atom. The summed E-state index contributed by atoms with van der Waals surface area (Å²) in [6.07, 6.45) is 0.620. The van der Waals surface area contributed by atoms with Crippen LogP contribution in [0.5, 0.6) is 0 Å². The van der Waals surface area contributed by atoms with Gasteiger partial charge in [0.2, 0.25) is 6.54 Å². The summed E-state index contributed by atoms with van der Waals surface area (Å²) in [5.74, 6) is -0.211. The van der Waals surface area contributed by atoms with E-state index in [1.54, 1.807) is 6.92 Å². The molecule has 0 saturated heterocycles. The molecule has 0 radical (unpaired) electrons. The van der Waals surface area contributed by atoms with E-state index in [9.17, 15) is 19.3 Å². The normalized spacial score (nSPS) is 37.8. The molecule has 2 saturated carbocycles. The predicted octanol–water partition coefficient (Wildman–Crippen LogP) is 1.97. The van der Waals surface area contributed by atoms with Crippen molar-refractivity contribution in [2.24, 2.45) is 17.3 Å². The van der Waals surface area contributed by atoms with E-state index >= 15 is 0 Å². The molecule has 0 heterocycles. The standard InChI is InChI=1S/C12H18FNO4/c1-2-18-11(15)6-12(7-14(16)17)5-8-3-9(13)4-10(8)12/h8-10H,2-7H2,1H3/t8-,9+,10-,12-/m0/s1. The highest BCUT2D eigenvalue weighted by atomic mass is 19.1. The van der Waals surface area contributed by atoms with Crippen LogP contribution in [0.2, 0.25) is 0 Å². The van der Waals surface area contributed by atoms with Crippen LogP contribution in [0.25, 0.3) is 0 Å². The first-order valence-electron chi connectivity index (χ1n) is 6.38. The topological polar surface area (TPSA) is 69.4 Å². The molecule has 6 heteroatoms. The van der Waals surface area contributed by atoms with Gasteiger partial charge in [-0.05, 0) is 38.0 Å². The van der Waals surface area contributed by atoms with Crippen LogP contribution in [0.4, 0.5) is 4.39 Å². The number of carbonyl (C=O) groups excluding carboxylic acids is 1. The summed E-state index contributed by atoms with van der Waals surface area (Å²) in [6.45, 7) is 1.72. The third-order valence-electron chi connectivity index (χ3n) is 4.34. The molecule has 0 aromatic carbocycles. The highest BCUT2D eigenvalue weighted by Gasteiger charge is 2.61. The van der Waals surface area contributed by atoms with E-state index in [0.717, 1.165) is 0 Å². The molecule has 0 aromatic heterocycles. The van der Waals surface area contributed by atoms with Crippen LogP contribution < -0.4 is 0 Å².